The molecule has 0 saturated heterocycles. The summed E-state index contributed by atoms with van der Waals surface area (Å²) in [7, 11) is -3.73. The van der Waals surface area contributed by atoms with E-state index in [1.54, 1.807) is 36.4 Å². The molecule has 2 aromatic rings. The number of nitrogens with zero attached hydrogens (tertiary/aromatic N) is 1. The van der Waals surface area contributed by atoms with Crippen LogP contribution in [0.4, 0.5) is 0 Å². The van der Waals surface area contributed by atoms with Crippen LogP contribution in [0, 0.1) is 11.3 Å². The second kappa shape index (κ2) is 7.27. The van der Waals surface area contributed by atoms with Gasteiger partial charge in [-0.15, -0.1) is 0 Å². The molecule has 0 amide bonds. The Hall–Kier alpha value is -2.36. The Bertz CT molecular complexity index is 806. The Morgan fingerprint density at radius 2 is 1.78 bits per heavy atom. The highest BCUT2D eigenvalue weighted by molar-refractivity contribution is 7.89. The van der Waals surface area contributed by atoms with Gasteiger partial charge in [-0.1, -0.05) is 24.3 Å². The van der Waals surface area contributed by atoms with Gasteiger partial charge in [-0.25, -0.2) is 13.1 Å². The zero-order valence-electron chi connectivity index (χ0n) is 13.0. The highest BCUT2D eigenvalue weighted by Crippen LogP contribution is 2.16. The SMILES string of the molecule is CC(C)Oc1ccc(CNS(=O)(=O)c2ccccc2C#N)cc1. The Balaban J connectivity index is 2.09. The molecule has 0 aliphatic rings. The molecule has 0 heterocycles. The van der Waals surface area contributed by atoms with Crippen LogP contribution in [0.15, 0.2) is 53.4 Å². The predicted molar refractivity (Wildman–Crippen MR) is 87.4 cm³/mol. The largest absolute Gasteiger partial charge is 0.491 e. The van der Waals surface area contributed by atoms with Gasteiger partial charge >= 0.3 is 0 Å². The molecule has 0 spiro atoms. The molecule has 0 aromatic heterocycles. The lowest BCUT2D eigenvalue weighted by Crippen LogP contribution is -2.24. The Kier molecular flexibility index (Phi) is 5.37. The molecule has 0 fully saturated rings. The van der Waals surface area contributed by atoms with Crippen molar-refractivity contribution in [3.8, 4) is 11.8 Å². The van der Waals surface area contributed by atoms with Gasteiger partial charge in [-0.05, 0) is 43.7 Å². The van der Waals surface area contributed by atoms with Crippen LogP contribution in [0.1, 0.15) is 25.0 Å². The maximum absolute atomic E-state index is 12.3. The van der Waals surface area contributed by atoms with Crippen molar-refractivity contribution in [3.05, 3.63) is 59.7 Å². The summed E-state index contributed by atoms with van der Waals surface area (Å²) in [4.78, 5) is -0.0118. The van der Waals surface area contributed by atoms with Gasteiger partial charge in [0.15, 0.2) is 0 Å². The second-order valence-corrected chi connectivity index (χ2v) is 6.98. The molecule has 120 valence electrons. The van der Waals surface area contributed by atoms with E-state index >= 15 is 0 Å². The highest BCUT2D eigenvalue weighted by atomic mass is 32.2. The van der Waals surface area contributed by atoms with Crippen molar-refractivity contribution in [2.24, 2.45) is 0 Å². The van der Waals surface area contributed by atoms with Crippen molar-refractivity contribution in [1.29, 1.82) is 5.26 Å². The van der Waals surface area contributed by atoms with Crippen molar-refractivity contribution in [3.63, 3.8) is 0 Å². The molecule has 0 atom stereocenters. The number of benzene rings is 2. The molecule has 2 rings (SSSR count). The number of nitriles is 1. The minimum absolute atomic E-state index is 0.0118. The van der Waals surface area contributed by atoms with Gasteiger partial charge in [0.2, 0.25) is 10.0 Å². The third-order valence-corrected chi connectivity index (χ3v) is 4.52. The van der Waals surface area contributed by atoms with Gasteiger partial charge in [-0.3, -0.25) is 0 Å². The summed E-state index contributed by atoms with van der Waals surface area (Å²) >= 11 is 0. The Morgan fingerprint density at radius 3 is 2.39 bits per heavy atom. The number of sulfonamides is 1. The van der Waals surface area contributed by atoms with Crippen LogP contribution < -0.4 is 9.46 Å². The Labute approximate surface area is 136 Å². The van der Waals surface area contributed by atoms with Crippen LogP contribution in [-0.4, -0.2) is 14.5 Å². The molecule has 5 nitrogen and oxygen atoms in total. The average molecular weight is 330 g/mol. The van der Waals surface area contributed by atoms with Crippen LogP contribution >= 0.6 is 0 Å². The van der Waals surface area contributed by atoms with Gasteiger partial charge in [0.05, 0.1) is 16.6 Å². The van der Waals surface area contributed by atoms with Crippen molar-refractivity contribution in [1.82, 2.24) is 4.72 Å². The van der Waals surface area contributed by atoms with Crippen LogP contribution in [-0.2, 0) is 16.6 Å². The van der Waals surface area contributed by atoms with E-state index in [1.807, 2.05) is 19.9 Å². The smallest absolute Gasteiger partial charge is 0.242 e. The number of hydrogen-bond donors (Lipinski definition) is 1. The minimum Gasteiger partial charge on any atom is -0.491 e. The van der Waals surface area contributed by atoms with Crippen molar-refractivity contribution in [2.45, 2.75) is 31.4 Å². The van der Waals surface area contributed by atoms with E-state index in [9.17, 15) is 8.42 Å². The number of nitrogens with one attached hydrogen (secondary N) is 1. The normalized spacial score (nSPS) is 11.2. The topological polar surface area (TPSA) is 79.2 Å². The third kappa shape index (κ3) is 4.55. The first-order valence-corrected chi connectivity index (χ1v) is 8.65. The number of rotatable bonds is 6. The summed E-state index contributed by atoms with van der Waals surface area (Å²) < 4.78 is 32.7. The van der Waals surface area contributed by atoms with Gasteiger partial charge < -0.3 is 4.74 Å². The van der Waals surface area contributed by atoms with Crippen molar-refractivity contribution in [2.75, 3.05) is 0 Å². The molecule has 0 aliphatic heterocycles. The lowest BCUT2D eigenvalue weighted by atomic mass is 10.2. The zero-order chi connectivity index (χ0) is 16.9. The van der Waals surface area contributed by atoms with Crippen molar-refractivity contribution >= 4 is 10.0 Å². The Morgan fingerprint density at radius 1 is 1.13 bits per heavy atom. The zero-order valence-corrected chi connectivity index (χ0v) is 13.8. The summed E-state index contributed by atoms with van der Waals surface area (Å²) in [6.45, 7) is 4.02. The molecule has 0 saturated carbocycles. The summed E-state index contributed by atoms with van der Waals surface area (Å²) in [5.74, 6) is 0.737. The first-order valence-electron chi connectivity index (χ1n) is 7.17. The lowest BCUT2D eigenvalue weighted by molar-refractivity contribution is 0.242. The molecule has 0 aliphatic carbocycles. The summed E-state index contributed by atoms with van der Waals surface area (Å²) in [5.41, 5.74) is 0.930. The molecule has 6 heteroatoms. The van der Waals surface area contributed by atoms with Gasteiger partial charge in [0.25, 0.3) is 0 Å². The predicted octanol–water partition coefficient (Wildman–Crippen LogP) is 2.82. The molecule has 23 heavy (non-hydrogen) atoms. The highest BCUT2D eigenvalue weighted by Gasteiger charge is 2.17. The maximum atomic E-state index is 12.3. The first kappa shape index (κ1) is 17.0. The van der Waals surface area contributed by atoms with E-state index in [2.05, 4.69) is 4.72 Å². The van der Waals surface area contributed by atoms with Gasteiger partial charge in [-0.2, -0.15) is 5.26 Å². The van der Waals surface area contributed by atoms with E-state index in [4.69, 9.17) is 10.00 Å². The second-order valence-electron chi connectivity index (χ2n) is 5.24. The molecule has 0 radical (unpaired) electrons. The quantitative estimate of drug-likeness (QED) is 0.883. The summed E-state index contributed by atoms with van der Waals surface area (Å²) in [6.07, 6.45) is 0.0850. The lowest BCUT2D eigenvalue weighted by Gasteiger charge is -2.11. The standard InChI is InChI=1S/C17H18N2O3S/c1-13(2)22-16-9-7-14(8-10-16)12-19-23(20,21)17-6-4-3-5-15(17)11-18/h3-10,13,19H,12H2,1-2H3. The molecule has 0 bridgehead atoms. The van der Waals surface area contributed by atoms with E-state index in [0.29, 0.717) is 0 Å². The van der Waals surface area contributed by atoms with Crippen LogP contribution in [0.25, 0.3) is 0 Å². The molecular weight excluding hydrogens is 312 g/mol. The number of hydrogen-bond acceptors (Lipinski definition) is 4. The first-order chi connectivity index (χ1) is 10.9. The van der Waals surface area contributed by atoms with Crippen molar-refractivity contribution < 1.29 is 13.2 Å². The molecule has 2 aromatic carbocycles. The van der Waals surface area contributed by atoms with E-state index in [1.165, 1.54) is 12.1 Å². The summed E-state index contributed by atoms with van der Waals surface area (Å²) in [6, 6.07) is 15.2. The monoisotopic (exact) mass is 330 g/mol. The third-order valence-electron chi connectivity index (χ3n) is 3.06. The average Bonchev–Trinajstić information content (AvgIpc) is 2.53. The fourth-order valence-electron chi connectivity index (χ4n) is 2.01. The molecule has 1 N–H and O–H groups in total. The molecule has 0 unspecified atom stereocenters. The maximum Gasteiger partial charge on any atom is 0.242 e. The fourth-order valence-corrected chi connectivity index (χ4v) is 3.18. The van der Waals surface area contributed by atoms with E-state index in [-0.39, 0.29) is 23.1 Å². The van der Waals surface area contributed by atoms with Gasteiger partial charge in [0, 0.05) is 6.54 Å². The number of ether oxygens (including phenoxy) is 1. The van der Waals surface area contributed by atoms with E-state index < -0.39 is 10.0 Å². The van der Waals surface area contributed by atoms with Gasteiger partial charge in [0.1, 0.15) is 11.8 Å². The van der Waals surface area contributed by atoms with Crippen LogP contribution in [0.5, 0.6) is 5.75 Å². The van der Waals surface area contributed by atoms with Crippen LogP contribution in [0.2, 0.25) is 0 Å². The van der Waals surface area contributed by atoms with Crippen LogP contribution in [0.3, 0.4) is 0 Å². The molecular formula is C17H18N2O3S. The van der Waals surface area contributed by atoms with E-state index in [0.717, 1.165) is 11.3 Å². The summed E-state index contributed by atoms with van der Waals surface area (Å²) in [5, 5.41) is 9.01. The fraction of sp³-hybridized carbons (Fsp3) is 0.235. The minimum atomic E-state index is -3.73.